The second-order valence-corrected chi connectivity index (χ2v) is 8.82. The van der Waals surface area contributed by atoms with Gasteiger partial charge in [-0.3, -0.25) is 0 Å². The molecule has 0 aliphatic carbocycles. The number of para-hydroxylation sites is 1. The van der Waals surface area contributed by atoms with Gasteiger partial charge < -0.3 is 10.2 Å². The lowest BCUT2D eigenvalue weighted by Gasteiger charge is -2.26. The minimum atomic E-state index is 1.06. The second kappa shape index (κ2) is 9.81. The standard InChI is InChI=1S/C34H26N2/c1-3-9-26(10-4-1)28-16-21-33(22-17-28)36(32-13-5-2-6-14-32)34-23-19-30(20-24-34)35-31-18-15-27-11-7-8-12-29(27)25-31/h1-25,35H. The number of rotatable bonds is 6. The Hall–Kier alpha value is -4.82. The highest BCUT2D eigenvalue weighted by Gasteiger charge is 2.12. The van der Waals surface area contributed by atoms with Crippen molar-refractivity contribution in [3.05, 3.63) is 152 Å². The second-order valence-electron chi connectivity index (χ2n) is 8.82. The molecule has 2 heteroatoms. The van der Waals surface area contributed by atoms with Crippen LogP contribution in [0.25, 0.3) is 21.9 Å². The third-order valence-electron chi connectivity index (χ3n) is 6.41. The Kier molecular flexibility index (Phi) is 5.91. The van der Waals surface area contributed by atoms with Gasteiger partial charge >= 0.3 is 0 Å². The maximum absolute atomic E-state index is 3.55. The smallest absolute Gasteiger partial charge is 0.0463 e. The molecule has 0 aromatic heterocycles. The normalized spacial score (nSPS) is 10.8. The van der Waals surface area contributed by atoms with Crippen LogP contribution in [0.3, 0.4) is 0 Å². The SMILES string of the molecule is c1ccc(-c2ccc(N(c3ccccc3)c3ccc(Nc4ccc5ccccc5c4)cc3)cc2)cc1. The molecular weight excluding hydrogens is 436 g/mol. The van der Waals surface area contributed by atoms with E-state index in [0.717, 1.165) is 28.4 Å². The molecule has 0 aliphatic rings. The topological polar surface area (TPSA) is 15.3 Å². The summed E-state index contributed by atoms with van der Waals surface area (Å²) in [6, 6.07) is 53.3. The lowest BCUT2D eigenvalue weighted by molar-refractivity contribution is 1.28. The minimum absolute atomic E-state index is 1.06. The summed E-state index contributed by atoms with van der Waals surface area (Å²) in [6.07, 6.45) is 0. The van der Waals surface area contributed by atoms with E-state index in [2.05, 4.69) is 156 Å². The molecular formula is C34H26N2. The molecule has 6 aromatic rings. The fourth-order valence-corrected chi connectivity index (χ4v) is 4.59. The lowest BCUT2D eigenvalue weighted by Crippen LogP contribution is -2.09. The highest BCUT2D eigenvalue weighted by molar-refractivity contribution is 5.86. The highest BCUT2D eigenvalue weighted by atomic mass is 15.1. The zero-order chi connectivity index (χ0) is 24.2. The molecule has 0 bridgehead atoms. The summed E-state index contributed by atoms with van der Waals surface area (Å²) in [5.41, 5.74) is 7.93. The van der Waals surface area contributed by atoms with Crippen LogP contribution in [0.1, 0.15) is 0 Å². The van der Waals surface area contributed by atoms with E-state index in [-0.39, 0.29) is 0 Å². The predicted molar refractivity (Wildman–Crippen MR) is 154 cm³/mol. The molecule has 172 valence electrons. The Morgan fingerprint density at radius 2 is 0.861 bits per heavy atom. The summed E-state index contributed by atoms with van der Waals surface area (Å²) in [4.78, 5) is 2.29. The molecule has 1 N–H and O–H groups in total. The van der Waals surface area contributed by atoms with Crippen molar-refractivity contribution in [2.24, 2.45) is 0 Å². The monoisotopic (exact) mass is 462 g/mol. The van der Waals surface area contributed by atoms with Crippen LogP contribution in [0.15, 0.2) is 152 Å². The van der Waals surface area contributed by atoms with E-state index in [9.17, 15) is 0 Å². The average Bonchev–Trinajstić information content (AvgIpc) is 2.95. The van der Waals surface area contributed by atoms with Crippen LogP contribution in [0, 0.1) is 0 Å². The highest BCUT2D eigenvalue weighted by Crippen LogP contribution is 2.36. The molecule has 0 amide bonds. The molecule has 36 heavy (non-hydrogen) atoms. The number of nitrogens with one attached hydrogen (secondary N) is 1. The van der Waals surface area contributed by atoms with Gasteiger partial charge in [0.05, 0.1) is 0 Å². The number of anilines is 5. The van der Waals surface area contributed by atoms with E-state index in [0.29, 0.717) is 0 Å². The quantitative estimate of drug-likeness (QED) is 0.265. The number of nitrogens with zero attached hydrogens (tertiary/aromatic N) is 1. The molecule has 0 saturated heterocycles. The van der Waals surface area contributed by atoms with Crippen molar-refractivity contribution in [1.29, 1.82) is 0 Å². The van der Waals surface area contributed by atoms with E-state index in [1.807, 2.05) is 6.07 Å². The molecule has 6 aromatic carbocycles. The maximum Gasteiger partial charge on any atom is 0.0463 e. The van der Waals surface area contributed by atoms with E-state index in [4.69, 9.17) is 0 Å². The fourth-order valence-electron chi connectivity index (χ4n) is 4.59. The molecule has 0 saturated carbocycles. The summed E-state index contributed by atoms with van der Waals surface area (Å²) in [5.74, 6) is 0. The Morgan fingerprint density at radius 1 is 0.361 bits per heavy atom. The summed E-state index contributed by atoms with van der Waals surface area (Å²) in [5, 5.41) is 6.02. The van der Waals surface area contributed by atoms with E-state index < -0.39 is 0 Å². The van der Waals surface area contributed by atoms with Gasteiger partial charge in [-0.05, 0) is 82.6 Å². The van der Waals surface area contributed by atoms with Crippen LogP contribution in [0.2, 0.25) is 0 Å². The van der Waals surface area contributed by atoms with E-state index >= 15 is 0 Å². The average molecular weight is 463 g/mol. The third kappa shape index (κ3) is 4.57. The van der Waals surface area contributed by atoms with E-state index in [1.165, 1.54) is 21.9 Å². The molecule has 2 nitrogen and oxygen atoms in total. The molecule has 0 aliphatic heterocycles. The van der Waals surface area contributed by atoms with Crippen LogP contribution < -0.4 is 10.2 Å². The maximum atomic E-state index is 3.55. The van der Waals surface area contributed by atoms with Crippen molar-refractivity contribution < 1.29 is 0 Å². The summed E-state index contributed by atoms with van der Waals surface area (Å²) >= 11 is 0. The van der Waals surface area contributed by atoms with Crippen molar-refractivity contribution in [3.63, 3.8) is 0 Å². The Labute approximate surface area is 212 Å². The van der Waals surface area contributed by atoms with Crippen molar-refractivity contribution in [3.8, 4) is 11.1 Å². The molecule has 6 rings (SSSR count). The Bertz CT molecular complexity index is 1570. The zero-order valence-corrected chi connectivity index (χ0v) is 19.9. The predicted octanol–water partition coefficient (Wildman–Crippen LogP) is 9.72. The van der Waals surface area contributed by atoms with Gasteiger partial charge in [0.25, 0.3) is 0 Å². The number of benzene rings is 6. The molecule has 0 heterocycles. The summed E-state index contributed by atoms with van der Waals surface area (Å²) < 4.78 is 0. The first-order valence-corrected chi connectivity index (χ1v) is 12.2. The molecule has 0 unspecified atom stereocenters. The van der Waals surface area contributed by atoms with Gasteiger partial charge in [0.15, 0.2) is 0 Å². The van der Waals surface area contributed by atoms with Crippen LogP contribution >= 0.6 is 0 Å². The molecule has 0 fully saturated rings. The summed E-state index contributed by atoms with van der Waals surface area (Å²) in [7, 11) is 0. The molecule has 0 atom stereocenters. The first-order chi connectivity index (χ1) is 17.8. The molecule has 0 radical (unpaired) electrons. The third-order valence-corrected chi connectivity index (χ3v) is 6.41. The van der Waals surface area contributed by atoms with Crippen molar-refractivity contribution in [2.75, 3.05) is 10.2 Å². The Morgan fingerprint density at radius 3 is 1.56 bits per heavy atom. The number of hydrogen-bond donors (Lipinski definition) is 1. The largest absolute Gasteiger partial charge is 0.356 e. The number of hydrogen-bond acceptors (Lipinski definition) is 2. The van der Waals surface area contributed by atoms with Crippen molar-refractivity contribution in [2.45, 2.75) is 0 Å². The van der Waals surface area contributed by atoms with Gasteiger partial charge in [0.1, 0.15) is 0 Å². The van der Waals surface area contributed by atoms with Crippen LogP contribution in [-0.4, -0.2) is 0 Å². The fraction of sp³-hybridized carbons (Fsp3) is 0. The van der Waals surface area contributed by atoms with Gasteiger partial charge in [0.2, 0.25) is 0 Å². The minimum Gasteiger partial charge on any atom is -0.356 e. The lowest BCUT2D eigenvalue weighted by atomic mass is 10.0. The number of fused-ring (bicyclic) bond motifs is 1. The van der Waals surface area contributed by atoms with Crippen LogP contribution in [-0.2, 0) is 0 Å². The van der Waals surface area contributed by atoms with Gasteiger partial charge in [-0.2, -0.15) is 0 Å². The van der Waals surface area contributed by atoms with Gasteiger partial charge in [-0.1, -0.05) is 91.0 Å². The first-order valence-electron chi connectivity index (χ1n) is 12.2. The first kappa shape index (κ1) is 21.7. The van der Waals surface area contributed by atoms with E-state index in [1.54, 1.807) is 0 Å². The van der Waals surface area contributed by atoms with Crippen molar-refractivity contribution >= 4 is 39.2 Å². The zero-order valence-electron chi connectivity index (χ0n) is 19.9. The Balaban J connectivity index is 1.30. The van der Waals surface area contributed by atoms with Gasteiger partial charge in [0, 0.05) is 28.4 Å². The van der Waals surface area contributed by atoms with Crippen molar-refractivity contribution in [1.82, 2.24) is 0 Å². The van der Waals surface area contributed by atoms with Gasteiger partial charge in [-0.25, -0.2) is 0 Å². The van der Waals surface area contributed by atoms with Gasteiger partial charge in [-0.15, -0.1) is 0 Å². The van der Waals surface area contributed by atoms with Crippen LogP contribution in [0.5, 0.6) is 0 Å². The van der Waals surface area contributed by atoms with Crippen LogP contribution in [0.4, 0.5) is 28.4 Å². The summed E-state index contributed by atoms with van der Waals surface area (Å²) in [6.45, 7) is 0. The molecule has 0 spiro atoms.